The van der Waals surface area contributed by atoms with Gasteiger partial charge in [-0.15, -0.1) is 0 Å². The fraction of sp³-hybridized carbons (Fsp3) is 0.421. The summed E-state index contributed by atoms with van der Waals surface area (Å²) >= 11 is 6.25. The molecule has 31 heavy (non-hydrogen) atoms. The normalized spacial score (nSPS) is 30.0. The van der Waals surface area contributed by atoms with Crippen molar-refractivity contribution in [1.82, 2.24) is 10.2 Å². The number of benzene rings is 1. The van der Waals surface area contributed by atoms with Gasteiger partial charge in [-0.1, -0.05) is 36.1 Å². The van der Waals surface area contributed by atoms with E-state index in [0.29, 0.717) is 10.7 Å². The molecule has 2 fully saturated rings. The minimum Gasteiger partial charge on any atom is -0.497 e. The van der Waals surface area contributed by atoms with E-state index in [1.807, 2.05) is 0 Å². The molecule has 168 valence electrons. The fourth-order valence-electron chi connectivity index (χ4n) is 3.12. The highest BCUT2D eigenvalue weighted by molar-refractivity contribution is 8.26. The van der Waals surface area contributed by atoms with E-state index in [-0.39, 0.29) is 4.32 Å². The molecule has 0 spiro atoms. The molecule has 1 aromatic rings. The van der Waals surface area contributed by atoms with Gasteiger partial charge in [0.1, 0.15) is 41.0 Å². The Morgan fingerprint density at radius 3 is 2.58 bits per heavy atom. The molecule has 3 rings (SSSR count). The molecular formula is C19H22N2O8S2. The van der Waals surface area contributed by atoms with Crippen molar-refractivity contribution < 1.29 is 39.5 Å². The summed E-state index contributed by atoms with van der Waals surface area (Å²) in [6.07, 6.45) is -4.29. The third-order valence-corrected chi connectivity index (χ3v) is 6.19. The van der Waals surface area contributed by atoms with Gasteiger partial charge < -0.3 is 35.2 Å². The molecule has 0 aromatic heterocycles. The van der Waals surface area contributed by atoms with Crippen molar-refractivity contribution in [1.29, 1.82) is 0 Å². The van der Waals surface area contributed by atoms with Gasteiger partial charge in [0.2, 0.25) is 5.91 Å². The Kier molecular flexibility index (Phi) is 7.64. The Hall–Kier alpha value is -2.06. The smallest absolute Gasteiger partial charge is 0.266 e. The van der Waals surface area contributed by atoms with Crippen molar-refractivity contribution in [2.75, 3.05) is 20.3 Å². The topological polar surface area (TPSA) is 149 Å². The van der Waals surface area contributed by atoms with E-state index in [1.165, 1.54) is 0 Å². The Labute approximate surface area is 187 Å². The number of hydrogen-bond acceptors (Lipinski definition) is 10. The lowest BCUT2D eigenvalue weighted by Crippen LogP contribution is -2.64. The van der Waals surface area contributed by atoms with Gasteiger partial charge in [-0.25, -0.2) is 0 Å². The predicted octanol–water partition coefficient (Wildman–Crippen LogP) is -1.19. The number of ether oxygens (including phenoxy) is 2. The third-order valence-electron chi connectivity index (χ3n) is 4.82. The van der Waals surface area contributed by atoms with Crippen LogP contribution in [0.3, 0.4) is 0 Å². The zero-order valence-corrected chi connectivity index (χ0v) is 18.0. The van der Waals surface area contributed by atoms with Gasteiger partial charge in [0.25, 0.3) is 5.91 Å². The highest BCUT2D eigenvalue weighted by Gasteiger charge is 2.44. The largest absolute Gasteiger partial charge is 0.497 e. The summed E-state index contributed by atoms with van der Waals surface area (Å²) in [6.45, 7) is -1.06. The van der Waals surface area contributed by atoms with Crippen molar-refractivity contribution in [3.8, 4) is 5.75 Å². The van der Waals surface area contributed by atoms with E-state index in [2.05, 4.69) is 5.32 Å². The van der Waals surface area contributed by atoms with Crippen LogP contribution in [0.25, 0.3) is 6.08 Å². The van der Waals surface area contributed by atoms with Crippen molar-refractivity contribution in [2.45, 2.75) is 30.6 Å². The second-order valence-corrected chi connectivity index (χ2v) is 8.54. The van der Waals surface area contributed by atoms with Gasteiger partial charge >= 0.3 is 0 Å². The van der Waals surface area contributed by atoms with Crippen LogP contribution in [0.5, 0.6) is 5.75 Å². The van der Waals surface area contributed by atoms with Crippen LogP contribution < -0.4 is 10.1 Å². The summed E-state index contributed by atoms with van der Waals surface area (Å²) in [4.78, 5) is 26.5. The first kappa shape index (κ1) is 23.6. The Morgan fingerprint density at radius 2 is 1.97 bits per heavy atom. The quantitative estimate of drug-likeness (QED) is 0.254. The summed E-state index contributed by atoms with van der Waals surface area (Å²) < 4.78 is 10.3. The van der Waals surface area contributed by atoms with Gasteiger partial charge in [0.15, 0.2) is 6.29 Å². The molecule has 0 aliphatic carbocycles. The second-order valence-electron chi connectivity index (χ2n) is 6.86. The van der Waals surface area contributed by atoms with E-state index in [0.717, 1.165) is 22.2 Å². The van der Waals surface area contributed by atoms with Crippen LogP contribution in [-0.2, 0) is 14.3 Å². The molecular weight excluding hydrogens is 448 g/mol. The Morgan fingerprint density at radius 1 is 1.29 bits per heavy atom. The predicted molar refractivity (Wildman–Crippen MR) is 115 cm³/mol. The van der Waals surface area contributed by atoms with Gasteiger partial charge in [-0.3, -0.25) is 14.5 Å². The average Bonchev–Trinajstić information content (AvgIpc) is 3.01. The first-order chi connectivity index (χ1) is 14.7. The first-order valence-electron chi connectivity index (χ1n) is 9.24. The highest BCUT2D eigenvalue weighted by atomic mass is 32.2. The van der Waals surface area contributed by atoms with Crippen LogP contribution in [0.2, 0.25) is 0 Å². The second kappa shape index (κ2) is 10.0. The van der Waals surface area contributed by atoms with Crippen molar-refractivity contribution in [2.24, 2.45) is 0 Å². The maximum atomic E-state index is 12.7. The van der Waals surface area contributed by atoms with E-state index in [9.17, 15) is 24.9 Å². The first-order valence-corrected chi connectivity index (χ1v) is 10.5. The standard InChI is InChI=1S/C19H22N2O8S2/c1-28-10-4-2-9(3-5-10)6-12-17(26)21(19(30)31-12)7-13(23)20-14-16(25)15(24)11(8-22)29-18(14)27/h2-6,11,14-16,18,22,24-25,27H,7-8H2,1H3,(H,20,23)/b12-6-/t11-,14+,15-,16-,18+/m0/s1. The molecule has 0 saturated carbocycles. The summed E-state index contributed by atoms with van der Waals surface area (Å²) in [5, 5.41) is 41.4. The van der Waals surface area contributed by atoms with Crippen LogP contribution in [0, 0.1) is 0 Å². The number of thiocarbonyl (C=S) groups is 1. The molecule has 2 amide bonds. The van der Waals surface area contributed by atoms with E-state index < -0.39 is 55.6 Å². The number of rotatable bonds is 6. The van der Waals surface area contributed by atoms with Gasteiger partial charge in [-0.05, 0) is 23.8 Å². The number of nitrogens with zero attached hydrogens (tertiary/aromatic N) is 1. The molecule has 0 radical (unpaired) electrons. The lowest BCUT2D eigenvalue weighted by molar-refractivity contribution is -0.253. The number of hydrogen-bond donors (Lipinski definition) is 5. The molecule has 0 unspecified atom stereocenters. The third kappa shape index (κ3) is 5.23. The van der Waals surface area contributed by atoms with Crippen molar-refractivity contribution in [3.05, 3.63) is 34.7 Å². The maximum absolute atomic E-state index is 12.7. The van der Waals surface area contributed by atoms with Crippen LogP contribution in [0.4, 0.5) is 0 Å². The zero-order chi connectivity index (χ0) is 22.7. The molecule has 10 nitrogen and oxygen atoms in total. The van der Waals surface area contributed by atoms with Crippen molar-refractivity contribution in [3.63, 3.8) is 0 Å². The molecule has 2 aliphatic rings. The number of carbonyl (C=O) groups is 2. The number of aliphatic hydroxyl groups is 4. The molecule has 5 atom stereocenters. The molecule has 2 heterocycles. The molecule has 5 N–H and O–H groups in total. The van der Waals surface area contributed by atoms with Crippen LogP contribution in [0.15, 0.2) is 29.2 Å². The van der Waals surface area contributed by atoms with Gasteiger partial charge in [-0.2, -0.15) is 0 Å². The van der Waals surface area contributed by atoms with Crippen LogP contribution in [-0.4, -0.2) is 92.4 Å². The monoisotopic (exact) mass is 470 g/mol. The number of carbonyl (C=O) groups excluding carboxylic acids is 2. The van der Waals surface area contributed by atoms with E-state index in [4.69, 9.17) is 26.8 Å². The molecule has 2 aliphatic heterocycles. The zero-order valence-electron chi connectivity index (χ0n) is 16.4. The molecule has 2 saturated heterocycles. The lowest BCUT2D eigenvalue weighted by Gasteiger charge is -2.40. The molecule has 12 heteroatoms. The number of thioether (sulfide) groups is 1. The molecule has 1 aromatic carbocycles. The maximum Gasteiger partial charge on any atom is 0.266 e. The van der Waals surface area contributed by atoms with E-state index >= 15 is 0 Å². The highest BCUT2D eigenvalue weighted by Crippen LogP contribution is 2.32. The van der Waals surface area contributed by atoms with Gasteiger partial charge in [0.05, 0.1) is 18.6 Å². The summed E-state index contributed by atoms with van der Waals surface area (Å²) in [5.41, 5.74) is 0.753. The number of amides is 2. The minimum atomic E-state index is -1.65. The van der Waals surface area contributed by atoms with Gasteiger partial charge in [0, 0.05) is 0 Å². The summed E-state index contributed by atoms with van der Waals surface area (Å²) in [7, 11) is 1.55. The number of nitrogens with one attached hydrogen (secondary N) is 1. The number of methoxy groups -OCH3 is 1. The minimum absolute atomic E-state index is 0.182. The summed E-state index contributed by atoms with van der Waals surface area (Å²) in [5.74, 6) is -0.501. The Bertz CT molecular complexity index is 878. The van der Waals surface area contributed by atoms with Crippen LogP contribution in [0.1, 0.15) is 5.56 Å². The van der Waals surface area contributed by atoms with Crippen LogP contribution >= 0.6 is 24.0 Å². The Balaban J connectivity index is 1.64. The van der Waals surface area contributed by atoms with Crippen molar-refractivity contribution >= 4 is 46.2 Å². The average molecular weight is 471 g/mol. The lowest BCUT2D eigenvalue weighted by atomic mass is 9.97. The number of aliphatic hydroxyl groups excluding tert-OH is 4. The fourth-order valence-corrected chi connectivity index (χ4v) is 4.37. The SMILES string of the molecule is COc1ccc(/C=C2\SC(=S)N(CC(=O)N[C@@H]3[C@H](O)[C@@H](O)[C@H](CO)O[C@H]3O)C2=O)cc1. The summed E-state index contributed by atoms with van der Waals surface area (Å²) in [6, 6.07) is 5.69. The van der Waals surface area contributed by atoms with E-state index in [1.54, 1.807) is 37.5 Å². The molecule has 0 bridgehead atoms.